The van der Waals surface area contributed by atoms with Crippen molar-refractivity contribution in [3.63, 3.8) is 0 Å². The lowest BCUT2D eigenvalue weighted by molar-refractivity contribution is -0.684. The lowest BCUT2D eigenvalue weighted by Crippen LogP contribution is -3.00. The molecule has 2 heterocycles. The Morgan fingerprint density at radius 2 is 2.11 bits per heavy atom. The highest BCUT2D eigenvalue weighted by Crippen LogP contribution is 1.94. The topological polar surface area (TPSA) is 58.5 Å². The Morgan fingerprint density at radius 3 is 2.78 bits per heavy atom. The third-order valence-corrected chi connectivity index (χ3v) is 2.03. The standard InChI is InChI=1S/C12H11N3O2.ClH/c16-12(10-15-6-2-1-3-7-15)14-13-9-11-5-4-8-17-11;/h1-9H,10H2;1H/b13-9+;. The summed E-state index contributed by atoms with van der Waals surface area (Å²) in [7, 11) is 0. The van der Waals surface area contributed by atoms with Crippen molar-refractivity contribution in [2.75, 3.05) is 0 Å². The second-order valence-electron chi connectivity index (χ2n) is 3.36. The average Bonchev–Trinajstić information content (AvgIpc) is 2.83. The van der Waals surface area contributed by atoms with E-state index in [0.29, 0.717) is 5.76 Å². The molecule has 0 aliphatic rings. The molecule has 2 aromatic rings. The van der Waals surface area contributed by atoms with E-state index >= 15 is 0 Å². The van der Waals surface area contributed by atoms with Crippen molar-refractivity contribution in [3.05, 3.63) is 54.7 Å². The number of furan rings is 1. The summed E-state index contributed by atoms with van der Waals surface area (Å²) in [4.78, 5) is 11.5. The first-order valence-electron chi connectivity index (χ1n) is 5.14. The molecular formula is C12H12ClN3O2. The number of pyridine rings is 1. The summed E-state index contributed by atoms with van der Waals surface area (Å²) in [6, 6.07) is 9.12. The second kappa shape index (κ2) is 7.24. The predicted octanol–water partition coefficient (Wildman–Crippen LogP) is -2.28. The molecule has 0 atom stereocenters. The van der Waals surface area contributed by atoms with Crippen LogP contribution < -0.4 is 22.4 Å². The average molecular weight is 266 g/mol. The minimum atomic E-state index is -0.191. The minimum Gasteiger partial charge on any atom is -1.00 e. The van der Waals surface area contributed by atoms with E-state index in [-0.39, 0.29) is 24.9 Å². The Morgan fingerprint density at radius 1 is 1.33 bits per heavy atom. The molecule has 0 radical (unpaired) electrons. The van der Waals surface area contributed by atoms with Gasteiger partial charge in [-0.3, -0.25) is 4.79 Å². The van der Waals surface area contributed by atoms with Gasteiger partial charge in [-0.2, -0.15) is 9.67 Å². The van der Waals surface area contributed by atoms with E-state index in [0.717, 1.165) is 0 Å². The number of carbonyl (C=O) groups is 1. The van der Waals surface area contributed by atoms with Crippen molar-refractivity contribution < 1.29 is 26.2 Å². The first-order valence-corrected chi connectivity index (χ1v) is 5.14. The van der Waals surface area contributed by atoms with Crippen LogP contribution in [0.15, 0.2) is 58.5 Å². The lowest BCUT2D eigenvalue weighted by atomic mass is 10.4. The molecule has 2 rings (SSSR count). The van der Waals surface area contributed by atoms with E-state index < -0.39 is 0 Å². The summed E-state index contributed by atoms with van der Waals surface area (Å²) in [5.41, 5.74) is 2.42. The summed E-state index contributed by atoms with van der Waals surface area (Å²) >= 11 is 0. The summed E-state index contributed by atoms with van der Waals surface area (Å²) in [6.07, 6.45) is 6.63. The van der Waals surface area contributed by atoms with Crippen LogP contribution in [0.1, 0.15) is 5.76 Å². The Bertz CT molecular complexity index is 497. The molecular weight excluding hydrogens is 254 g/mol. The first-order chi connectivity index (χ1) is 8.34. The molecule has 6 heteroatoms. The van der Waals surface area contributed by atoms with Gasteiger partial charge in [0.15, 0.2) is 12.4 Å². The van der Waals surface area contributed by atoms with E-state index in [2.05, 4.69) is 10.5 Å². The van der Waals surface area contributed by atoms with Crippen LogP contribution in [0.2, 0.25) is 0 Å². The van der Waals surface area contributed by atoms with Crippen molar-refractivity contribution in [1.82, 2.24) is 5.43 Å². The van der Waals surface area contributed by atoms with Crippen LogP contribution in [-0.2, 0) is 11.3 Å². The van der Waals surface area contributed by atoms with Crippen LogP contribution in [0.3, 0.4) is 0 Å². The predicted molar refractivity (Wildman–Crippen MR) is 61.1 cm³/mol. The lowest BCUT2D eigenvalue weighted by Gasteiger charge is -1.95. The zero-order valence-electron chi connectivity index (χ0n) is 9.49. The van der Waals surface area contributed by atoms with E-state index in [4.69, 9.17) is 4.42 Å². The van der Waals surface area contributed by atoms with Crippen molar-refractivity contribution in [2.24, 2.45) is 5.10 Å². The quantitative estimate of drug-likeness (QED) is 0.385. The Hall–Kier alpha value is -2.14. The van der Waals surface area contributed by atoms with Gasteiger partial charge < -0.3 is 16.8 Å². The number of nitrogens with one attached hydrogen (secondary N) is 1. The molecule has 2 aromatic heterocycles. The molecule has 0 saturated heterocycles. The Kier molecular flexibility index (Phi) is 5.60. The fourth-order valence-corrected chi connectivity index (χ4v) is 1.27. The number of halogens is 1. The van der Waals surface area contributed by atoms with Crippen molar-refractivity contribution in [2.45, 2.75) is 6.54 Å². The van der Waals surface area contributed by atoms with E-state index in [1.54, 1.807) is 23.0 Å². The fraction of sp³-hybridized carbons (Fsp3) is 0.0833. The molecule has 1 amide bonds. The number of hydrogen-bond donors (Lipinski definition) is 1. The van der Waals surface area contributed by atoms with Crippen molar-refractivity contribution >= 4 is 12.1 Å². The molecule has 5 nitrogen and oxygen atoms in total. The van der Waals surface area contributed by atoms with Gasteiger partial charge in [-0.05, 0) is 12.1 Å². The molecule has 0 bridgehead atoms. The van der Waals surface area contributed by atoms with Gasteiger partial charge in [0.1, 0.15) is 5.76 Å². The van der Waals surface area contributed by atoms with Crippen molar-refractivity contribution in [1.29, 1.82) is 0 Å². The van der Waals surface area contributed by atoms with Gasteiger partial charge in [0.05, 0.1) is 12.5 Å². The van der Waals surface area contributed by atoms with Crippen LogP contribution in [0, 0.1) is 0 Å². The molecule has 94 valence electrons. The first kappa shape index (κ1) is 13.9. The summed E-state index contributed by atoms with van der Waals surface area (Å²) in [6.45, 7) is 0.232. The monoisotopic (exact) mass is 265 g/mol. The maximum Gasteiger partial charge on any atom is 0.305 e. The largest absolute Gasteiger partial charge is 1.00 e. The van der Waals surface area contributed by atoms with Crippen LogP contribution >= 0.6 is 0 Å². The van der Waals surface area contributed by atoms with E-state index in [1.165, 1.54) is 6.21 Å². The highest BCUT2D eigenvalue weighted by atomic mass is 35.5. The third kappa shape index (κ3) is 4.39. The van der Waals surface area contributed by atoms with Gasteiger partial charge in [-0.25, -0.2) is 5.43 Å². The number of amides is 1. The van der Waals surface area contributed by atoms with E-state index in [9.17, 15) is 4.79 Å². The zero-order chi connectivity index (χ0) is 11.9. The zero-order valence-corrected chi connectivity index (χ0v) is 10.2. The molecule has 0 spiro atoms. The molecule has 0 aromatic carbocycles. The Balaban J connectivity index is 0.00000162. The summed E-state index contributed by atoms with van der Waals surface area (Å²) < 4.78 is 6.79. The molecule has 18 heavy (non-hydrogen) atoms. The summed E-state index contributed by atoms with van der Waals surface area (Å²) in [5, 5.41) is 3.78. The van der Waals surface area contributed by atoms with Gasteiger partial charge in [0.2, 0.25) is 6.54 Å². The second-order valence-corrected chi connectivity index (χ2v) is 3.36. The number of carbonyl (C=O) groups excluding carboxylic acids is 1. The number of hydrazone groups is 1. The fourth-order valence-electron chi connectivity index (χ4n) is 1.27. The maximum absolute atomic E-state index is 11.5. The summed E-state index contributed by atoms with van der Waals surface area (Å²) in [5.74, 6) is 0.404. The molecule has 0 aliphatic heterocycles. The third-order valence-electron chi connectivity index (χ3n) is 2.03. The minimum absolute atomic E-state index is 0. The van der Waals surface area contributed by atoms with Gasteiger partial charge >= 0.3 is 5.91 Å². The van der Waals surface area contributed by atoms with E-state index in [1.807, 2.05) is 30.6 Å². The molecule has 0 unspecified atom stereocenters. The highest BCUT2D eigenvalue weighted by molar-refractivity contribution is 5.79. The smallest absolute Gasteiger partial charge is 0.305 e. The van der Waals surface area contributed by atoms with Gasteiger partial charge in [0.25, 0.3) is 0 Å². The number of hydrogen-bond acceptors (Lipinski definition) is 3. The maximum atomic E-state index is 11.5. The van der Waals surface area contributed by atoms with Crippen LogP contribution in [0.5, 0.6) is 0 Å². The number of nitrogens with zero attached hydrogens (tertiary/aromatic N) is 2. The molecule has 0 fully saturated rings. The molecule has 0 saturated carbocycles. The van der Waals surface area contributed by atoms with Gasteiger partial charge in [-0.15, -0.1) is 0 Å². The normalized spacial score (nSPS) is 10.0. The number of rotatable bonds is 4. The molecule has 0 aliphatic carbocycles. The van der Waals surface area contributed by atoms with Crippen LogP contribution in [0.4, 0.5) is 0 Å². The Labute approximate surface area is 111 Å². The van der Waals surface area contributed by atoms with Crippen molar-refractivity contribution in [3.8, 4) is 0 Å². The van der Waals surface area contributed by atoms with Gasteiger partial charge in [0, 0.05) is 12.1 Å². The SMILES string of the molecule is O=C(C[n+]1ccccc1)N/N=C/c1ccco1.[Cl-]. The number of aromatic nitrogens is 1. The molecule has 1 N–H and O–H groups in total. The van der Waals surface area contributed by atoms with Gasteiger partial charge in [-0.1, -0.05) is 6.07 Å². The highest BCUT2D eigenvalue weighted by Gasteiger charge is 2.06. The van der Waals surface area contributed by atoms with Crippen LogP contribution in [-0.4, -0.2) is 12.1 Å². The van der Waals surface area contributed by atoms with Crippen LogP contribution in [0.25, 0.3) is 0 Å².